The molecule has 2 rings (SSSR count). The number of sulfonamides is 1. The summed E-state index contributed by atoms with van der Waals surface area (Å²) in [5.74, 6) is 0. The van der Waals surface area contributed by atoms with Crippen LogP contribution in [0.5, 0.6) is 0 Å². The van der Waals surface area contributed by atoms with Crippen molar-refractivity contribution in [3.05, 3.63) is 28.2 Å². The Morgan fingerprint density at radius 1 is 1.35 bits per heavy atom. The number of nitrogens with zero attached hydrogens (tertiary/aromatic N) is 1. The van der Waals surface area contributed by atoms with Crippen LogP contribution in [0.4, 0.5) is 0 Å². The van der Waals surface area contributed by atoms with Crippen molar-refractivity contribution in [2.45, 2.75) is 37.8 Å². The van der Waals surface area contributed by atoms with Gasteiger partial charge in [0, 0.05) is 29.6 Å². The van der Waals surface area contributed by atoms with E-state index < -0.39 is 10.0 Å². The maximum Gasteiger partial charge on any atom is 0.243 e. The molecular weight excluding hydrogens is 364 g/mol. The summed E-state index contributed by atoms with van der Waals surface area (Å²) in [6, 6.07) is 5.33. The zero-order chi connectivity index (χ0) is 14.2. The number of hydrogen-bond acceptors (Lipinski definition) is 3. The van der Waals surface area contributed by atoms with E-state index in [2.05, 4.69) is 21.2 Å². The van der Waals surface area contributed by atoms with Crippen LogP contribution in [0.1, 0.15) is 19.4 Å². The second-order valence-corrected chi connectivity index (χ2v) is 7.89. The average Bonchev–Trinajstić information content (AvgIpc) is 2.35. The summed E-state index contributed by atoms with van der Waals surface area (Å²) in [5, 5.41) is 3.29. The Morgan fingerprint density at radius 3 is 2.60 bits per heavy atom. The maximum atomic E-state index is 12.7. The van der Waals surface area contributed by atoms with Crippen LogP contribution in [0.3, 0.4) is 0 Å². The largest absolute Gasteiger partial charge is 0.311 e. The molecule has 1 aliphatic heterocycles. The highest BCUT2D eigenvalue weighted by atomic mass is 79.9. The second kappa shape index (κ2) is 6.75. The monoisotopic (exact) mass is 382 g/mol. The predicted octanol–water partition coefficient (Wildman–Crippen LogP) is 2.55. The van der Waals surface area contributed by atoms with E-state index in [9.17, 15) is 8.42 Å². The van der Waals surface area contributed by atoms with Gasteiger partial charge in [-0.2, -0.15) is 4.31 Å². The molecule has 0 bridgehead atoms. The number of benzene rings is 1. The fraction of sp³-hybridized carbons (Fsp3) is 0.538. The van der Waals surface area contributed by atoms with Crippen LogP contribution >= 0.6 is 28.3 Å². The third-order valence-corrected chi connectivity index (χ3v) is 6.31. The Bertz CT molecular complexity index is 580. The molecule has 114 valence electrons. The minimum absolute atomic E-state index is 0. The van der Waals surface area contributed by atoms with Crippen LogP contribution in [0.2, 0.25) is 0 Å². The van der Waals surface area contributed by atoms with Gasteiger partial charge in [-0.3, -0.25) is 0 Å². The molecule has 1 heterocycles. The minimum Gasteiger partial charge on any atom is -0.311 e. The summed E-state index contributed by atoms with van der Waals surface area (Å²) in [5.41, 5.74) is 0.928. The predicted molar refractivity (Wildman–Crippen MR) is 86.9 cm³/mol. The number of rotatable bonds is 2. The second-order valence-electron chi connectivity index (χ2n) is 5.14. The van der Waals surface area contributed by atoms with Crippen molar-refractivity contribution in [1.82, 2.24) is 9.62 Å². The van der Waals surface area contributed by atoms with Gasteiger partial charge in [0.25, 0.3) is 0 Å². The molecule has 2 unspecified atom stereocenters. The molecule has 2 atom stereocenters. The smallest absolute Gasteiger partial charge is 0.243 e. The molecular formula is C13H20BrClN2O2S. The summed E-state index contributed by atoms with van der Waals surface area (Å²) in [4.78, 5) is 0.370. The molecule has 4 nitrogen and oxygen atoms in total. The van der Waals surface area contributed by atoms with E-state index in [1.165, 1.54) is 0 Å². The van der Waals surface area contributed by atoms with Crippen LogP contribution in [-0.2, 0) is 10.0 Å². The summed E-state index contributed by atoms with van der Waals surface area (Å²) < 4.78 is 27.9. The number of halogens is 2. The van der Waals surface area contributed by atoms with E-state index in [1.54, 1.807) is 22.5 Å². The van der Waals surface area contributed by atoms with Gasteiger partial charge in [0.2, 0.25) is 10.0 Å². The normalized spacial score (nSPS) is 24.2. The fourth-order valence-electron chi connectivity index (χ4n) is 2.24. The minimum atomic E-state index is -3.41. The van der Waals surface area contributed by atoms with E-state index in [1.807, 2.05) is 20.8 Å². The Hall–Kier alpha value is -0.140. The van der Waals surface area contributed by atoms with Gasteiger partial charge >= 0.3 is 0 Å². The van der Waals surface area contributed by atoms with E-state index in [-0.39, 0.29) is 24.5 Å². The zero-order valence-corrected chi connectivity index (χ0v) is 15.0. The van der Waals surface area contributed by atoms with Crippen molar-refractivity contribution in [3.8, 4) is 0 Å². The third-order valence-electron chi connectivity index (χ3n) is 3.44. The summed E-state index contributed by atoms with van der Waals surface area (Å²) >= 11 is 3.40. The Kier molecular flexibility index (Phi) is 6.04. The van der Waals surface area contributed by atoms with Gasteiger partial charge in [-0.05, 0) is 44.5 Å². The van der Waals surface area contributed by atoms with E-state index in [4.69, 9.17) is 0 Å². The highest BCUT2D eigenvalue weighted by molar-refractivity contribution is 9.10. The lowest BCUT2D eigenvalue weighted by Crippen LogP contribution is -2.56. The molecule has 7 heteroatoms. The molecule has 0 amide bonds. The molecule has 0 radical (unpaired) electrons. The number of nitrogens with one attached hydrogen (secondary N) is 1. The lowest BCUT2D eigenvalue weighted by molar-refractivity contribution is 0.244. The first-order chi connectivity index (χ1) is 8.82. The van der Waals surface area contributed by atoms with E-state index >= 15 is 0 Å². The van der Waals surface area contributed by atoms with Crippen molar-refractivity contribution in [3.63, 3.8) is 0 Å². The molecule has 1 saturated heterocycles. The van der Waals surface area contributed by atoms with Crippen LogP contribution in [0.25, 0.3) is 0 Å². The lowest BCUT2D eigenvalue weighted by Gasteiger charge is -2.36. The summed E-state index contributed by atoms with van der Waals surface area (Å²) in [6.07, 6.45) is 0. The van der Waals surface area contributed by atoms with Crippen LogP contribution in [0, 0.1) is 6.92 Å². The Balaban J connectivity index is 0.00000200. The van der Waals surface area contributed by atoms with Gasteiger partial charge < -0.3 is 5.32 Å². The summed E-state index contributed by atoms with van der Waals surface area (Å²) in [7, 11) is -3.41. The van der Waals surface area contributed by atoms with Gasteiger partial charge in [-0.25, -0.2) is 8.42 Å². The van der Waals surface area contributed by atoms with Crippen LogP contribution in [-0.4, -0.2) is 37.9 Å². The first-order valence-electron chi connectivity index (χ1n) is 6.33. The summed E-state index contributed by atoms with van der Waals surface area (Å²) in [6.45, 7) is 7.03. The third kappa shape index (κ3) is 3.54. The molecule has 20 heavy (non-hydrogen) atoms. The van der Waals surface area contributed by atoms with Crippen molar-refractivity contribution in [1.29, 1.82) is 0 Å². The fourth-order valence-corrected chi connectivity index (χ4v) is 4.29. The molecule has 0 aromatic heterocycles. The molecule has 0 saturated carbocycles. The van der Waals surface area contributed by atoms with Crippen LogP contribution < -0.4 is 5.32 Å². The van der Waals surface area contributed by atoms with Crippen molar-refractivity contribution in [2.75, 3.05) is 13.1 Å². The maximum absolute atomic E-state index is 12.7. The average molecular weight is 384 g/mol. The van der Waals surface area contributed by atoms with Gasteiger partial charge in [0.15, 0.2) is 0 Å². The molecule has 1 aliphatic rings. The SMILES string of the molecule is Cc1cc(S(=O)(=O)N2CC(C)NCC2C)ccc1Br.Cl. The first-order valence-corrected chi connectivity index (χ1v) is 8.57. The standard InChI is InChI=1S/C13H19BrN2O2S.ClH/c1-9-6-12(4-5-13(9)14)19(17,18)16-8-10(2)15-7-11(16)3;/h4-6,10-11,15H,7-8H2,1-3H3;1H. The van der Waals surface area contributed by atoms with Crippen molar-refractivity contribution >= 4 is 38.4 Å². The van der Waals surface area contributed by atoms with Crippen LogP contribution in [0.15, 0.2) is 27.6 Å². The molecule has 0 spiro atoms. The Morgan fingerprint density at radius 2 is 2.00 bits per heavy atom. The molecule has 0 aliphatic carbocycles. The van der Waals surface area contributed by atoms with E-state index in [0.29, 0.717) is 18.0 Å². The lowest BCUT2D eigenvalue weighted by atomic mass is 10.2. The quantitative estimate of drug-likeness (QED) is 0.854. The highest BCUT2D eigenvalue weighted by Gasteiger charge is 2.33. The molecule has 1 aromatic rings. The zero-order valence-electron chi connectivity index (χ0n) is 11.8. The van der Waals surface area contributed by atoms with Crippen molar-refractivity contribution in [2.24, 2.45) is 0 Å². The molecule has 1 N–H and O–H groups in total. The van der Waals surface area contributed by atoms with Gasteiger partial charge in [0.05, 0.1) is 4.90 Å². The molecule has 1 aromatic carbocycles. The Labute approximate surface area is 135 Å². The number of aryl methyl sites for hydroxylation is 1. The molecule has 1 fully saturated rings. The van der Waals surface area contributed by atoms with Gasteiger partial charge in [0.1, 0.15) is 0 Å². The number of piperazine rings is 1. The first kappa shape index (κ1) is 17.9. The van der Waals surface area contributed by atoms with Gasteiger partial charge in [-0.1, -0.05) is 15.9 Å². The topological polar surface area (TPSA) is 49.4 Å². The highest BCUT2D eigenvalue weighted by Crippen LogP contribution is 2.24. The van der Waals surface area contributed by atoms with Gasteiger partial charge in [-0.15, -0.1) is 12.4 Å². The van der Waals surface area contributed by atoms with E-state index in [0.717, 1.165) is 10.0 Å². The number of hydrogen-bond donors (Lipinski definition) is 1. The van der Waals surface area contributed by atoms with Crippen molar-refractivity contribution < 1.29 is 8.42 Å².